The van der Waals surface area contributed by atoms with Gasteiger partial charge in [0.15, 0.2) is 11.6 Å². The molecular formula is C21H10F7NOS. The van der Waals surface area contributed by atoms with Crippen LogP contribution in [0.25, 0.3) is 11.1 Å². The molecule has 0 atom stereocenters. The Bertz CT molecular complexity index is 1180. The van der Waals surface area contributed by atoms with Crippen LogP contribution in [0.1, 0.15) is 11.1 Å². The van der Waals surface area contributed by atoms with Gasteiger partial charge >= 0.3 is 6.11 Å². The van der Waals surface area contributed by atoms with Crippen molar-refractivity contribution in [3.8, 4) is 22.3 Å². The van der Waals surface area contributed by atoms with Crippen LogP contribution in [0, 0.1) is 46.7 Å². The number of halogens is 7. The third-order valence-corrected chi connectivity index (χ3v) is 4.92. The highest BCUT2D eigenvalue weighted by Crippen LogP contribution is 2.37. The zero-order chi connectivity index (χ0) is 22.9. The number of benzene rings is 3. The Morgan fingerprint density at radius 3 is 2.10 bits per heavy atom. The van der Waals surface area contributed by atoms with Gasteiger partial charge in [0.25, 0.3) is 0 Å². The number of hydrogen-bond donors (Lipinski definition) is 0. The Morgan fingerprint density at radius 1 is 0.871 bits per heavy atom. The second kappa shape index (κ2) is 8.51. The highest BCUT2D eigenvalue weighted by Gasteiger charge is 2.39. The number of rotatable bonds is 5. The van der Waals surface area contributed by atoms with Crippen molar-refractivity contribution >= 4 is 11.8 Å². The lowest BCUT2D eigenvalue weighted by Gasteiger charge is -2.20. The molecule has 10 heteroatoms. The fourth-order valence-electron chi connectivity index (χ4n) is 2.73. The first-order valence-corrected chi connectivity index (χ1v) is 9.23. The van der Waals surface area contributed by atoms with Gasteiger partial charge in [-0.15, -0.1) is 0 Å². The fourth-order valence-corrected chi connectivity index (χ4v) is 3.13. The molecule has 0 aromatic heterocycles. The SMILES string of the molecule is Cc1ccc(C(F)(F)Oc2ccc(-c3cc(F)c(SC#N)c(F)c3)c(F)c2)c(F)c1F. The van der Waals surface area contributed by atoms with Crippen LogP contribution in [0.3, 0.4) is 0 Å². The summed E-state index contributed by atoms with van der Waals surface area (Å²) in [4.78, 5) is -0.571. The highest BCUT2D eigenvalue weighted by molar-refractivity contribution is 8.03. The van der Waals surface area contributed by atoms with Crippen molar-refractivity contribution in [1.29, 1.82) is 5.26 Å². The molecule has 0 aliphatic heterocycles. The quantitative estimate of drug-likeness (QED) is 0.234. The lowest BCUT2D eigenvalue weighted by molar-refractivity contribution is -0.187. The summed E-state index contributed by atoms with van der Waals surface area (Å²) in [6.45, 7) is 1.19. The first-order chi connectivity index (χ1) is 14.5. The van der Waals surface area contributed by atoms with Gasteiger partial charge in [-0.25, -0.2) is 22.0 Å². The van der Waals surface area contributed by atoms with Crippen LogP contribution in [-0.4, -0.2) is 0 Å². The molecule has 0 fully saturated rings. The minimum Gasteiger partial charge on any atom is -0.429 e. The molecular weight excluding hydrogens is 447 g/mol. The Labute approximate surface area is 175 Å². The van der Waals surface area contributed by atoms with Crippen LogP contribution in [0.15, 0.2) is 47.4 Å². The van der Waals surface area contributed by atoms with E-state index in [1.165, 1.54) is 12.3 Å². The normalized spacial score (nSPS) is 11.3. The Hall–Kier alpha value is -3.19. The van der Waals surface area contributed by atoms with E-state index < -0.39 is 51.4 Å². The largest absolute Gasteiger partial charge is 0.429 e. The molecule has 0 unspecified atom stereocenters. The standard InChI is InChI=1S/C21H10F7NOS/c1-10-2-5-14(19(26)18(10)25)21(27,28)30-12-3-4-13(15(22)8-12)11-6-16(23)20(31-9-29)17(24)7-11/h2-8H,1H3. The molecule has 3 aromatic carbocycles. The molecule has 0 amide bonds. The molecule has 0 saturated heterocycles. The van der Waals surface area contributed by atoms with E-state index >= 15 is 0 Å². The monoisotopic (exact) mass is 457 g/mol. The molecule has 160 valence electrons. The van der Waals surface area contributed by atoms with Gasteiger partial charge in [-0.2, -0.15) is 14.0 Å². The molecule has 0 radical (unpaired) electrons. The first kappa shape index (κ1) is 22.5. The summed E-state index contributed by atoms with van der Waals surface area (Å²) in [6.07, 6.45) is -4.33. The van der Waals surface area contributed by atoms with Crippen molar-refractivity contribution in [3.05, 3.63) is 82.7 Å². The summed E-state index contributed by atoms with van der Waals surface area (Å²) in [6, 6.07) is 5.46. The number of aryl methyl sites for hydroxylation is 1. The van der Waals surface area contributed by atoms with E-state index in [1.807, 2.05) is 0 Å². The van der Waals surface area contributed by atoms with Gasteiger partial charge in [-0.1, -0.05) is 6.07 Å². The number of ether oxygens (including phenoxy) is 1. The number of alkyl halides is 2. The lowest BCUT2D eigenvalue weighted by Crippen LogP contribution is -2.24. The van der Waals surface area contributed by atoms with Gasteiger partial charge in [-0.3, -0.25) is 0 Å². The molecule has 0 aliphatic carbocycles. The molecule has 0 heterocycles. The van der Waals surface area contributed by atoms with Crippen molar-refractivity contribution < 1.29 is 35.5 Å². The zero-order valence-corrected chi connectivity index (χ0v) is 16.3. The molecule has 3 aromatic rings. The maximum absolute atomic E-state index is 14.5. The van der Waals surface area contributed by atoms with Gasteiger partial charge in [0.2, 0.25) is 0 Å². The van der Waals surface area contributed by atoms with E-state index in [0.717, 1.165) is 30.3 Å². The van der Waals surface area contributed by atoms with Crippen molar-refractivity contribution in [2.45, 2.75) is 17.9 Å². The smallest absolute Gasteiger partial charge is 0.429 e. The number of thioether (sulfide) groups is 1. The summed E-state index contributed by atoms with van der Waals surface area (Å²) < 4.78 is 103. The number of hydrogen-bond acceptors (Lipinski definition) is 3. The van der Waals surface area contributed by atoms with Crippen molar-refractivity contribution in [3.63, 3.8) is 0 Å². The van der Waals surface area contributed by atoms with E-state index in [-0.39, 0.29) is 28.5 Å². The maximum Gasteiger partial charge on any atom is 0.429 e. The van der Waals surface area contributed by atoms with Gasteiger partial charge in [-0.05, 0) is 60.1 Å². The molecule has 0 bridgehead atoms. The first-order valence-electron chi connectivity index (χ1n) is 8.42. The third kappa shape index (κ3) is 4.46. The minimum atomic E-state index is -4.33. The van der Waals surface area contributed by atoms with Crippen LogP contribution in [0.5, 0.6) is 5.75 Å². The molecule has 3 rings (SSSR count). The van der Waals surface area contributed by atoms with E-state index in [1.54, 1.807) is 0 Å². The fraction of sp³-hybridized carbons (Fsp3) is 0.0952. The average Bonchev–Trinajstić information content (AvgIpc) is 2.68. The Kier molecular flexibility index (Phi) is 6.18. The molecule has 31 heavy (non-hydrogen) atoms. The number of thiocyanates is 1. The number of nitrogens with zero attached hydrogens (tertiary/aromatic N) is 1. The van der Waals surface area contributed by atoms with Crippen molar-refractivity contribution in [2.24, 2.45) is 0 Å². The van der Waals surface area contributed by atoms with E-state index in [2.05, 4.69) is 4.74 Å². The molecule has 0 spiro atoms. The van der Waals surface area contributed by atoms with Gasteiger partial charge < -0.3 is 4.74 Å². The predicted molar refractivity (Wildman–Crippen MR) is 98.8 cm³/mol. The topological polar surface area (TPSA) is 33.0 Å². The van der Waals surface area contributed by atoms with Crippen LogP contribution < -0.4 is 4.74 Å². The van der Waals surface area contributed by atoms with Crippen molar-refractivity contribution in [2.75, 3.05) is 0 Å². The summed E-state index contributed by atoms with van der Waals surface area (Å²) in [5.74, 6) is -7.38. The maximum atomic E-state index is 14.5. The van der Waals surface area contributed by atoms with Gasteiger partial charge in [0, 0.05) is 11.6 Å². The van der Waals surface area contributed by atoms with Crippen LogP contribution in [0.4, 0.5) is 30.7 Å². The highest BCUT2D eigenvalue weighted by atomic mass is 32.2. The van der Waals surface area contributed by atoms with E-state index in [4.69, 9.17) is 5.26 Å². The summed E-state index contributed by atoms with van der Waals surface area (Å²) in [7, 11) is 0. The van der Waals surface area contributed by atoms with E-state index in [0.29, 0.717) is 12.1 Å². The summed E-state index contributed by atoms with van der Waals surface area (Å²) in [5.41, 5.74) is -2.16. The van der Waals surface area contributed by atoms with Crippen LogP contribution in [0.2, 0.25) is 0 Å². The minimum absolute atomic E-state index is 0.189. The summed E-state index contributed by atoms with van der Waals surface area (Å²) in [5, 5.41) is 10.1. The predicted octanol–water partition coefficient (Wildman–Crippen LogP) is 7.06. The molecule has 0 saturated carbocycles. The Balaban J connectivity index is 1.93. The second-order valence-corrected chi connectivity index (χ2v) is 7.08. The number of nitriles is 1. The van der Waals surface area contributed by atoms with Crippen LogP contribution >= 0.6 is 11.8 Å². The third-order valence-electron chi connectivity index (χ3n) is 4.23. The van der Waals surface area contributed by atoms with Crippen molar-refractivity contribution in [1.82, 2.24) is 0 Å². The molecule has 0 N–H and O–H groups in total. The Morgan fingerprint density at radius 2 is 1.52 bits per heavy atom. The molecule has 0 aliphatic rings. The average molecular weight is 457 g/mol. The van der Waals surface area contributed by atoms with Crippen LogP contribution in [-0.2, 0) is 6.11 Å². The summed E-state index contributed by atoms with van der Waals surface area (Å²) >= 11 is 0.247. The zero-order valence-electron chi connectivity index (χ0n) is 15.5. The second-order valence-electron chi connectivity index (χ2n) is 6.28. The molecule has 2 nitrogen and oxygen atoms in total. The van der Waals surface area contributed by atoms with E-state index in [9.17, 15) is 30.7 Å². The van der Waals surface area contributed by atoms with Gasteiger partial charge in [0.1, 0.15) is 34.2 Å². The van der Waals surface area contributed by atoms with Gasteiger partial charge in [0.05, 0.1) is 4.90 Å². The lowest BCUT2D eigenvalue weighted by atomic mass is 10.0.